The molecule has 0 aromatic rings. The van der Waals surface area contributed by atoms with Crippen molar-refractivity contribution < 1.29 is 9.09 Å². The number of hydrogen-bond acceptors (Lipinski definition) is 3. The van der Waals surface area contributed by atoms with Gasteiger partial charge in [0.05, 0.1) is 5.60 Å². The fourth-order valence-electron chi connectivity index (χ4n) is 2.01. The highest BCUT2D eigenvalue weighted by Gasteiger charge is 2.46. The van der Waals surface area contributed by atoms with E-state index in [0.29, 0.717) is 0 Å². The van der Waals surface area contributed by atoms with Crippen molar-refractivity contribution in [1.29, 1.82) is 5.26 Å². The molecule has 0 saturated carbocycles. The summed E-state index contributed by atoms with van der Waals surface area (Å²) in [5.41, 5.74) is -0.707. The van der Waals surface area contributed by atoms with E-state index in [4.69, 9.17) is 9.79 Å². The van der Waals surface area contributed by atoms with Crippen molar-refractivity contribution in [3.63, 3.8) is 0 Å². The van der Waals surface area contributed by atoms with Gasteiger partial charge in [0.15, 0.2) is 5.81 Å². The molecule has 0 spiro atoms. The highest BCUT2D eigenvalue weighted by atomic mass is 31.2. The molecule has 0 aromatic heterocycles. The topological polar surface area (TPSA) is 53.3 Å². The predicted octanol–water partition coefficient (Wildman–Crippen LogP) is 3.84. The first-order chi connectivity index (χ1) is 7.58. The summed E-state index contributed by atoms with van der Waals surface area (Å²) in [6, 6.07) is 0. The molecule has 0 heterocycles. The van der Waals surface area contributed by atoms with E-state index in [2.05, 4.69) is 20.8 Å². The van der Waals surface area contributed by atoms with Crippen LogP contribution < -0.4 is 0 Å². The van der Waals surface area contributed by atoms with E-state index in [-0.39, 0.29) is 5.41 Å². The zero-order valence-electron chi connectivity index (χ0n) is 12.1. The molecular formula is C12H25N2O2P. The number of nitriles is 1. The van der Waals surface area contributed by atoms with Crippen LogP contribution in [0.15, 0.2) is 0 Å². The maximum absolute atomic E-state index is 12.4. The second kappa shape index (κ2) is 5.52. The average molecular weight is 260 g/mol. The van der Waals surface area contributed by atoms with Gasteiger partial charge in [0, 0.05) is 0 Å². The molecule has 0 N–H and O–H groups in total. The molecule has 0 bridgehead atoms. The maximum atomic E-state index is 12.4. The second-order valence-electron chi connectivity index (χ2n) is 5.51. The SMILES string of the molecule is CCC(CC)(OP(=O)(C#N)N(C)C)C(C)(C)C. The summed E-state index contributed by atoms with van der Waals surface area (Å²) in [5.74, 6) is 1.83. The molecule has 0 fully saturated rings. The van der Waals surface area contributed by atoms with E-state index in [0.717, 1.165) is 12.8 Å². The van der Waals surface area contributed by atoms with E-state index in [1.54, 1.807) is 14.1 Å². The Morgan fingerprint density at radius 2 is 1.65 bits per heavy atom. The summed E-state index contributed by atoms with van der Waals surface area (Å²) in [6.45, 7) is 10.2. The van der Waals surface area contributed by atoms with Crippen LogP contribution in [0.5, 0.6) is 0 Å². The number of hydrogen-bond donors (Lipinski definition) is 0. The first kappa shape index (κ1) is 16.6. The Morgan fingerprint density at radius 3 is 1.82 bits per heavy atom. The smallest absolute Gasteiger partial charge is 0.300 e. The van der Waals surface area contributed by atoms with E-state index in [1.165, 1.54) is 4.67 Å². The van der Waals surface area contributed by atoms with E-state index in [9.17, 15) is 4.57 Å². The minimum absolute atomic E-state index is 0.168. The van der Waals surface area contributed by atoms with Crippen LogP contribution in [0.3, 0.4) is 0 Å². The minimum atomic E-state index is -3.38. The number of nitrogens with zero attached hydrogens (tertiary/aromatic N) is 2. The van der Waals surface area contributed by atoms with Crippen LogP contribution in [0, 0.1) is 16.5 Å². The zero-order valence-corrected chi connectivity index (χ0v) is 13.0. The molecule has 1 unspecified atom stereocenters. The minimum Gasteiger partial charge on any atom is -0.300 e. The summed E-state index contributed by atoms with van der Waals surface area (Å²) >= 11 is 0. The zero-order chi connectivity index (χ0) is 13.9. The fourth-order valence-corrected chi connectivity index (χ4v) is 3.39. The van der Waals surface area contributed by atoms with Gasteiger partial charge in [0.25, 0.3) is 0 Å². The van der Waals surface area contributed by atoms with Crippen LogP contribution in [0.25, 0.3) is 0 Å². The molecule has 17 heavy (non-hydrogen) atoms. The molecule has 5 heteroatoms. The lowest BCUT2D eigenvalue weighted by Crippen LogP contribution is -2.44. The van der Waals surface area contributed by atoms with Gasteiger partial charge in [-0.2, -0.15) is 5.26 Å². The Hall–Kier alpha value is -0.360. The van der Waals surface area contributed by atoms with Crippen molar-refractivity contribution in [2.24, 2.45) is 5.41 Å². The predicted molar refractivity (Wildman–Crippen MR) is 70.8 cm³/mol. The molecule has 4 nitrogen and oxygen atoms in total. The largest absolute Gasteiger partial charge is 0.371 e. The van der Waals surface area contributed by atoms with Crippen molar-refractivity contribution >= 4 is 7.52 Å². The Labute approximate surface area is 105 Å². The van der Waals surface area contributed by atoms with Crippen molar-refractivity contribution in [3.05, 3.63) is 0 Å². The summed E-state index contributed by atoms with van der Waals surface area (Å²) in [7, 11) is -0.157. The lowest BCUT2D eigenvalue weighted by atomic mass is 9.73. The maximum Gasteiger partial charge on any atom is 0.371 e. The Bertz CT molecular complexity index is 335. The monoisotopic (exact) mass is 260 g/mol. The lowest BCUT2D eigenvalue weighted by molar-refractivity contribution is -0.0407. The normalized spacial score (nSPS) is 16.6. The average Bonchev–Trinajstić information content (AvgIpc) is 2.23. The van der Waals surface area contributed by atoms with Gasteiger partial charge in [-0.15, -0.1) is 0 Å². The molecule has 0 aliphatic carbocycles. The van der Waals surface area contributed by atoms with Crippen LogP contribution in [-0.4, -0.2) is 24.4 Å². The quantitative estimate of drug-likeness (QED) is 0.705. The first-order valence-electron chi connectivity index (χ1n) is 5.98. The van der Waals surface area contributed by atoms with Crippen LogP contribution >= 0.6 is 7.52 Å². The van der Waals surface area contributed by atoms with Crippen LogP contribution in [0.2, 0.25) is 0 Å². The van der Waals surface area contributed by atoms with E-state index < -0.39 is 13.1 Å². The number of rotatable bonds is 5. The van der Waals surface area contributed by atoms with Gasteiger partial charge in [-0.25, -0.2) is 4.67 Å². The Kier molecular flexibility index (Phi) is 5.40. The summed E-state index contributed by atoms with van der Waals surface area (Å²) < 4.78 is 19.6. The van der Waals surface area contributed by atoms with Crippen LogP contribution in [0.1, 0.15) is 47.5 Å². The fraction of sp³-hybridized carbons (Fsp3) is 0.917. The van der Waals surface area contributed by atoms with E-state index >= 15 is 0 Å². The highest BCUT2D eigenvalue weighted by molar-refractivity contribution is 7.61. The first-order valence-corrected chi connectivity index (χ1v) is 7.56. The molecule has 1 atom stereocenters. The molecule has 0 amide bonds. The standard InChI is InChI=1S/C12H25N2O2P/c1-8-12(9-2,11(3,4)5)16-17(15,10-13)14(6)7/h8-9H2,1-7H3. The molecule has 0 rings (SSSR count). The molecular weight excluding hydrogens is 235 g/mol. The molecule has 100 valence electrons. The molecule has 0 aromatic carbocycles. The van der Waals surface area contributed by atoms with Crippen molar-refractivity contribution in [3.8, 4) is 5.81 Å². The third-order valence-electron chi connectivity index (χ3n) is 3.46. The lowest BCUT2D eigenvalue weighted by Gasteiger charge is -2.44. The Balaban J connectivity index is 5.44. The molecule has 0 aliphatic rings. The molecule has 0 saturated heterocycles. The van der Waals surface area contributed by atoms with Gasteiger partial charge in [-0.1, -0.05) is 34.6 Å². The van der Waals surface area contributed by atoms with Crippen molar-refractivity contribution in [1.82, 2.24) is 4.67 Å². The van der Waals surface area contributed by atoms with Crippen LogP contribution in [-0.2, 0) is 9.09 Å². The van der Waals surface area contributed by atoms with Crippen molar-refractivity contribution in [2.75, 3.05) is 14.1 Å². The summed E-state index contributed by atoms with van der Waals surface area (Å²) in [5, 5.41) is 9.10. The molecule has 0 aliphatic heterocycles. The van der Waals surface area contributed by atoms with Gasteiger partial charge < -0.3 is 0 Å². The summed E-state index contributed by atoms with van der Waals surface area (Å²) in [4.78, 5) is 0. The van der Waals surface area contributed by atoms with Gasteiger partial charge in [0.2, 0.25) is 0 Å². The third kappa shape index (κ3) is 3.31. The highest BCUT2D eigenvalue weighted by Crippen LogP contribution is 2.56. The van der Waals surface area contributed by atoms with Gasteiger partial charge in [-0.3, -0.25) is 9.09 Å². The molecule has 0 radical (unpaired) electrons. The van der Waals surface area contributed by atoms with Gasteiger partial charge in [-0.05, 0) is 32.4 Å². The van der Waals surface area contributed by atoms with Gasteiger partial charge in [0.1, 0.15) is 0 Å². The van der Waals surface area contributed by atoms with Crippen LogP contribution in [0.4, 0.5) is 0 Å². The Morgan fingerprint density at radius 1 is 1.24 bits per heavy atom. The van der Waals surface area contributed by atoms with E-state index in [1.807, 2.05) is 19.7 Å². The van der Waals surface area contributed by atoms with Crippen molar-refractivity contribution in [2.45, 2.75) is 53.1 Å². The second-order valence-corrected chi connectivity index (χ2v) is 7.73. The van der Waals surface area contributed by atoms with Gasteiger partial charge >= 0.3 is 7.52 Å². The third-order valence-corrected chi connectivity index (χ3v) is 5.36. The summed E-state index contributed by atoms with van der Waals surface area (Å²) in [6.07, 6.45) is 1.46.